The fourth-order valence-electron chi connectivity index (χ4n) is 1.98. The van der Waals surface area contributed by atoms with E-state index in [2.05, 4.69) is 10.3 Å². The van der Waals surface area contributed by atoms with E-state index in [1.165, 1.54) is 17.4 Å². The van der Waals surface area contributed by atoms with E-state index in [1.807, 2.05) is 6.92 Å². The average Bonchev–Trinajstić information content (AvgIpc) is 3.02. The van der Waals surface area contributed by atoms with Gasteiger partial charge in [-0.05, 0) is 31.2 Å². The molecule has 3 N–H and O–H groups in total. The second kappa shape index (κ2) is 9.75. The molecule has 0 bridgehead atoms. The van der Waals surface area contributed by atoms with Crippen LogP contribution in [0.1, 0.15) is 34.4 Å². The molecule has 1 aromatic heterocycles. The quantitative estimate of drug-likeness (QED) is 0.721. The van der Waals surface area contributed by atoms with Gasteiger partial charge >= 0.3 is 6.18 Å². The Morgan fingerprint density at radius 3 is 2.73 bits per heavy atom. The van der Waals surface area contributed by atoms with Gasteiger partial charge in [0.1, 0.15) is 11.4 Å². The number of carbonyl (C=O) groups excluding carboxylic acids is 1. The first kappa shape index (κ1) is 22.2. The van der Waals surface area contributed by atoms with Crippen LogP contribution >= 0.6 is 23.7 Å². The highest BCUT2D eigenvalue weighted by Crippen LogP contribution is 2.35. The van der Waals surface area contributed by atoms with Crippen LogP contribution in [0, 0.1) is 0 Å². The number of carbonyl (C=O) groups is 1. The second-order valence-electron chi connectivity index (χ2n) is 5.18. The molecular formula is C16H19ClF3N3O2S. The molecule has 10 heteroatoms. The zero-order chi connectivity index (χ0) is 18.4. The van der Waals surface area contributed by atoms with Crippen molar-refractivity contribution >= 4 is 35.3 Å². The van der Waals surface area contributed by atoms with Gasteiger partial charge in [-0.25, -0.2) is 4.98 Å². The number of nitrogens with zero attached hydrogens (tertiary/aromatic N) is 1. The number of rotatable bonds is 7. The van der Waals surface area contributed by atoms with E-state index < -0.39 is 17.6 Å². The fourth-order valence-corrected chi connectivity index (χ4v) is 2.78. The van der Waals surface area contributed by atoms with Gasteiger partial charge in [-0.15, -0.1) is 23.7 Å². The number of ether oxygens (including phenoxy) is 1. The van der Waals surface area contributed by atoms with Crippen LogP contribution < -0.4 is 15.8 Å². The number of alkyl halides is 3. The van der Waals surface area contributed by atoms with E-state index in [0.29, 0.717) is 31.0 Å². The van der Waals surface area contributed by atoms with Crippen LogP contribution in [0.4, 0.5) is 18.9 Å². The van der Waals surface area contributed by atoms with Gasteiger partial charge < -0.3 is 15.8 Å². The number of hydrogen-bond donors (Lipinski definition) is 2. The van der Waals surface area contributed by atoms with Crippen molar-refractivity contribution in [2.45, 2.75) is 25.9 Å². The standard InChI is InChI=1S/C16H18F3N3O2S.ClH/c1-2-7-24-13-4-3-10(16(17,18)19)8-11(13)22-15(23)12-9-25-14(21-12)5-6-20;/h3-4,8-9H,2,5-7,20H2,1H3,(H,22,23);1H. The van der Waals surface area contributed by atoms with E-state index >= 15 is 0 Å². The molecule has 0 aliphatic carbocycles. The molecule has 0 saturated carbocycles. The minimum Gasteiger partial charge on any atom is -0.491 e. The lowest BCUT2D eigenvalue weighted by atomic mass is 10.1. The highest BCUT2D eigenvalue weighted by atomic mass is 35.5. The predicted octanol–water partition coefficient (Wildman–Crippen LogP) is 4.13. The first-order valence-electron chi connectivity index (χ1n) is 7.65. The number of aromatic nitrogens is 1. The van der Waals surface area contributed by atoms with Crippen molar-refractivity contribution < 1.29 is 22.7 Å². The van der Waals surface area contributed by atoms with E-state index in [-0.39, 0.29) is 29.5 Å². The molecular weight excluding hydrogens is 391 g/mol. The normalized spacial score (nSPS) is 11.0. The third kappa shape index (κ3) is 5.86. The predicted molar refractivity (Wildman–Crippen MR) is 97.3 cm³/mol. The van der Waals surface area contributed by atoms with Gasteiger partial charge in [-0.2, -0.15) is 13.2 Å². The molecule has 0 fully saturated rings. The molecule has 144 valence electrons. The Balaban J connectivity index is 0.00000338. The Morgan fingerprint density at radius 1 is 1.38 bits per heavy atom. The van der Waals surface area contributed by atoms with Crippen LogP contribution in [-0.2, 0) is 12.6 Å². The van der Waals surface area contributed by atoms with E-state index in [1.54, 1.807) is 5.38 Å². The lowest BCUT2D eigenvalue weighted by Gasteiger charge is -2.14. The molecule has 0 unspecified atom stereocenters. The van der Waals surface area contributed by atoms with E-state index in [9.17, 15) is 18.0 Å². The summed E-state index contributed by atoms with van der Waals surface area (Å²) in [6, 6.07) is 2.98. The molecule has 1 heterocycles. The first-order chi connectivity index (χ1) is 11.8. The Labute approximate surface area is 159 Å². The van der Waals surface area contributed by atoms with Gasteiger partial charge in [0.2, 0.25) is 0 Å². The Bertz CT molecular complexity index is 738. The molecule has 0 aliphatic heterocycles. The summed E-state index contributed by atoms with van der Waals surface area (Å²) < 4.78 is 44.2. The Kier molecular flexibility index (Phi) is 8.32. The zero-order valence-electron chi connectivity index (χ0n) is 13.9. The summed E-state index contributed by atoms with van der Waals surface area (Å²) in [6.07, 6.45) is -3.30. The lowest BCUT2D eigenvalue weighted by molar-refractivity contribution is -0.137. The van der Waals surface area contributed by atoms with Crippen LogP contribution in [-0.4, -0.2) is 24.0 Å². The molecule has 2 aromatic rings. The maximum absolute atomic E-state index is 12.9. The maximum atomic E-state index is 12.9. The van der Waals surface area contributed by atoms with E-state index in [4.69, 9.17) is 10.5 Å². The molecule has 0 aliphatic rings. The van der Waals surface area contributed by atoms with E-state index in [0.717, 1.165) is 12.1 Å². The number of amides is 1. The van der Waals surface area contributed by atoms with Crippen LogP contribution in [0.3, 0.4) is 0 Å². The number of nitrogens with two attached hydrogens (primary N) is 1. The lowest BCUT2D eigenvalue weighted by Crippen LogP contribution is -2.15. The zero-order valence-corrected chi connectivity index (χ0v) is 15.6. The third-order valence-corrected chi connectivity index (χ3v) is 4.07. The van der Waals surface area contributed by atoms with Crippen molar-refractivity contribution in [1.29, 1.82) is 0 Å². The Morgan fingerprint density at radius 2 is 2.12 bits per heavy atom. The van der Waals surface area contributed by atoms with Gasteiger partial charge in [0, 0.05) is 11.8 Å². The van der Waals surface area contributed by atoms with Crippen molar-refractivity contribution in [3.8, 4) is 5.75 Å². The summed E-state index contributed by atoms with van der Waals surface area (Å²) in [5.41, 5.74) is 4.66. The van der Waals surface area contributed by atoms with Gasteiger partial charge in [-0.3, -0.25) is 4.79 Å². The van der Waals surface area contributed by atoms with Crippen molar-refractivity contribution in [3.63, 3.8) is 0 Å². The van der Waals surface area contributed by atoms with Crippen LogP contribution in [0.5, 0.6) is 5.75 Å². The minimum absolute atomic E-state index is 0. The SMILES string of the molecule is CCCOc1ccc(C(F)(F)F)cc1NC(=O)c1csc(CCN)n1.Cl. The molecule has 26 heavy (non-hydrogen) atoms. The number of thiazole rings is 1. The van der Waals surface area contributed by atoms with Crippen molar-refractivity contribution in [1.82, 2.24) is 4.98 Å². The number of nitrogens with one attached hydrogen (secondary N) is 1. The van der Waals surface area contributed by atoms with Crippen LogP contribution in [0.25, 0.3) is 0 Å². The van der Waals surface area contributed by atoms with Crippen LogP contribution in [0.15, 0.2) is 23.6 Å². The van der Waals surface area contributed by atoms with Crippen molar-refractivity contribution in [3.05, 3.63) is 39.8 Å². The molecule has 0 spiro atoms. The highest BCUT2D eigenvalue weighted by Gasteiger charge is 2.31. The third-order valence-electron chi connectivity index (χ3n) is 3.16. The van der Waals surface area contributed by atoms with Gasteiger partial charge in [0.05, 0.1) is 22.9 Å². The fraction of sp³-hybridized carbons (Fsp3) is 0.375. The van der Waals surface area contributed by atoms with Crippen molar-refractivity contribution in [2.24, 2.45) is 5.73 Å². The number of hydrogen-bond acceptors (Lipinski definition) is 5. The highest BCUT2D eigenvalue weighted by molar-refractivity contribution is 7.09. The molecule has 0 atom stereocenters. The van der Waals surface area contributed by atoms with Gasteiger partial charge in [0.25, 0.3) is 5.91 Å². The molecule has 0 saturated heterocycles. The Hall–Kier alpha value is -1.84. The largest absolute Gasteiger partial charge is 0.491 e. The van der Waals surface area contributed by atoms with Crippen LogP contribution in [0.2, 0.25) is 0 Å². The summed E-state index contributed by atoms with van der Waals surface area (Å²) in [4.78, 5) is 16.4. The maximum Gasteiger partial charge on any atom is 0.416 e. The first-order valence-corrected chi connectivity index (χ1v) is 8.53. The molecule has 1 aromatic carbocycles. The topological polar surface area (TPSA) is 77.2 Å². The number of halogens is 4. The number of benzene rings is 1. The van der Waals surface area contributed by atoms with Gasteiger partial charge in [0.15, 0.2) is 0 Å². The van der Waals surface area contributed by atoms with Crippen molar-refractivity contribution in [2.75, 3.05) is 18.5 Å². The number of anilines is 1. The summed E-state index contributed by atoms with van der Waals surface area (Å²) in [5.74, 6) is -0.416. The average molecular weight is 410 g/mol. The molecule has 0 radical (unpaired) electrons. The summed E-state index contributed by atoms with van der Waals surface area (Å²) >= 11 is 1.28. The summed E-state index contributed by atoms with van der Waals surface area (Å²) in [7, 11) is 0. The second-order valence-corrected chi connectivity index (χ2v) is 6.12. The summed E-state index contributed by atoms with van der Waals surface area (Å²) in [5, 5.41) is 4.69. The molecule has 5 nitrogen and oxygen atoms in total. The molecule has 2 rings (SSSR count). The smallest absolute Gasteiger partial charge is 0.416 e. The summed E-state index contributed by atoms with van der Waals surface area (Å²) in [6.45, 7) is 2.60. The monoisotopic (exact) mass is 409 g/mol. The van der Waals surface area contributed by atoms with Gasteiger partial charge in [-0.1, -0.05) is 6.92 Å². The molecule has 1 amide bonds. The minimum atomic E-state index is -4.52.